The monoisotopic (exact) mass is 649 g/mol. The van der Waals surface area contributed by atoms with Gasteiger partial charge < -0.3 is 29.7 Å². The minimum atomic E-state index is -1.38. The smallest absolute Gasteiger partial charge is 0.306 e. The molecule has 4 aliphatic heterocycles. The zero-order chi connectivity index (χ0) is 34.3. The summed E-state index contributed by atoms with van der Waals surface area (Å²) >= 11 is 0. The van der Waals surface area contributed by atoms with Gasteiger partial charge in [-0.15, -0.1) is 0 Å². The molecule has 256 valence electrons. The Morgan fingerprint density at radius 1 is 1.02 bits per heavy atom. The molecule has 1 aromatic carbocycles. The average molecular weight is 650 g/mol. The van der Waals surface area contributed by atoms with E-state index in [-0.39, 0.29) is 49.3 Å². The van der Waals surface area contributed by atoms with E-state index >= 15 is 4.79 Å². The number of ether oxygens (including phenoxy) is 2. The first-order chi connectivity index (χ1) is 22.1. The molecule has 7 atom stereocenters. The van der Waals surface area contributed by atoms with Crippen molar-refractivity contribution >= 4 is 23.7 Å². The Morgan fingerprint density at radius 3 is 2.36 bits per heavy atom. The minimum absolute atomic E-state index is 0.0713. The Hall–Kier alpha value is -3.50. The molecular weight excluding hydrogens is 598 g/mol. The number of amides is 3. The summed E-state index contributed by atoms with van der Waals surface area (Å²) in [5.41, 5.74) is -1.39. The van der Waals surface area contributed by atoms with Gasteiger partial charge in [0.2, 0.25) is 17.7 Å². The number of nitrogens with one attached hydrogen (secondary N) is 1. The summed E-state index contributed by atoms with van der Waals surface area (Å²) in [6.45, 7) is 14.1. The number of carbonyl (C=O) groups is 4. The molecule has 4 aliphatic rings. The number of hydrogen-bond acceptors (Lipinski definition) is 7. The van der Waals surface area contributed by atoms with Crippen LogP contribution >= 0.6 is 0 Å². The normalized spacial score (nSPS) is 31.6. The van der Waals surface area contributed by atoms with E-state index in [0.717, 1.165) is 5.56 Å². The summed E-state index contributed by atoms with van der Waals surface area (Å²) in [5.74, 6) is -3.56. The van der Waals surface area contributed by atoms with Crippen LogP contribution in [0.5, 0.6) is 0 Å². The Balaban J connectivity index is 1.63. The molecule has 0 saturated carbocycles. The number of fused-ring (bicyclic) bond motifs is 2. The van der Waals surface area contributed by atoms with Crippen molar-refractivity contribution in [3.05, 3.63) is 60.2 Å². The van der Waals surface area contributed by atoms with Crippen LogP contribution in [0.2, 0.25) is 0 Å². The lowest BCUT2D eigenvalue weighted by molar-refractivity contribution is -0.155. The Kier molecular flexibility index (Phi) is 9.77. The highest BCUT2D eigenvalue weighted by molar-refractivity contribution is 6.00. The van der Waals surface area contributed by atoms with Crippen LogP contribution in [0.1, 0.15) is 79.3 Å². The number of esters is 1. The number of cyclic esters (lactones) is 1. The maximum atomic E-state index is 15.2. The highest BCUT2D eigenvalue weighted by Gasteiger charge is 2.74. The summed E-state index contributed by atoms with van der Waals surface area (Å²) in [5, 5.41) is 13.7. The Labute approximate surface area is 278 Å². The molecular formula is C37H51N3O7. The topological polar surface area (TPSA) is 125 Å². The van der Waals surface area contributed by atoms with E-state index in [0.29, 0.717) is 12.8 Å². The average Bonchev–Trinajstić information content (AvgIpc) is 3.63. The molecule has 2 fully saturated rings. The van der Waals surface area contributed by atoms with Crippen LogP contribution < -0.4 is 5.32 Å². The molecule has 10 heteroatoms. The molecule has 0 aliphatic carbocycles. The van der Waals surface area contributed by atoms with Crippen LogP contribution in [-0.4, -0.2) is 87.7 Å². The van der Waals surface area contributed by atoms with Crippen molar-refractivity contribution < 1.29 is 33.8 Å². The molecule has 0 unspecified atom stereocenters. The predicted octanol–water partition coefficient (Wildman–Crippen LogP) is 3.95. The van der Waals surface area contributed by atoms with Gasteiger partial charge in [0.15, 0.2) is 0 Å². The number of likely N-dealkylation sites (tertiary alicyclic amines) is 1. The van der Waals surface area contributed by atoms with Gasteiger partial charge >= 0.3 is 5.97 Å². The summed E-state index contributed by atoms with van der Waals surface area (Å²) in [4.78, 5) is 60.1. The summed E-state index contributed by atoms with van der Waals surface area (Å²) in [6.07, 6.45) is 7.87. The maximum absolute atomic E-state index is 15.2. The second-order valence-corrected chi connectivity index (χ2v) is 15.6. The molecule has 2 N–H and O–H groups in total. The molecule has 5 bridgehead atoms. The molecule has 0 aromatic heterocycles. The molecule has 47 heavy (non-hydrogen) atoms. The van der Waals surface area contributed by atoms with Crippen molar-refractivity contribution in [1.82, 2.24) is 15.1 Å². The summed E-state index contributed by atoms with van der Waals surface area (Å²) < 4.78 is 12.3. The first kappa shape index (κ1) is 34.8. The highest BCUT2D eigenvalue weighted by Crippen LogP contribution is 2.56. The second kappa shape index (κ2) is 13.2. The number of aliphatic hydroxyl groups is 1. The highest BCUT2D eigenvalue weighted by atomic mass is 16.5. The number of nitrogens with zero attached hydrogens (tertiary/aromatic N) is 2. The van der Waals surface area contributed by atoms with Gasteiger partial charge in [-0.1, -0.05) is 89.3 Å². The van der Waals surface area contributed by atoms with Gasteiger partial charge in [0.25, 0.3) is 0 Å². The van der Waals surface area contributed by atoms with Crippen molar-refractivity contribution in [2.75, 3.05) is 19.8 Å². The van der Waals surface area contributed by atoms with Crippen LogP contribution in [0.3, 0.4) is 0 Å². The van der Waals surface area contributed by atoms with Crippen LogP contribution in [0.25, 0.3) is 0 Å². The molecule has 4 heterocycles. The molecule has 10 nitrogen and oxygen atoms in total. The number of carbonyl (C=O) groups excluding carboxylic acids is 4. The number of aliphatic hydroxyl groups excluding tert-OH is 1. The third kappa shape index (κ3) is 6.64. The van der Waals surface area contributed by atoms with Crippen molar-refractivity contribution in [3.63, 3.8) is 0 Å². The first-order valence-electron chi connectivity index (χ1n) is 16.9. The quantitative estimate of drug-likeness (QED) is 0.353. The number of benzene rings is 1. The van der Waals surface area contributed by atoms with Gasteiger partial charge in [-0.2, -0.15) is 0 Å². The summed E-state index contributed by atoms with van der Waals surface area (Å²) in [6, 6.07) is 6.84. The molecule has 3 amide bonds. The van der Waals surface area contributed by atoms with Crippen LogP contribution in [0.4, 0.5) is 0 Å². The van der Waals surface area contributed by atoms with Gasteiger partial charge in [0.05, 0.1) is 36.6 Å². The standard InChI is InChI=1S/C37H51N3O7/c1-23(2)26(20-41)40-31-34(45)39(36(6,7)22-35(3,4)5)19-13-9-12-16-28(42)46-21-25(24-14-10-8-11-15-24)38-32(43)29-27-17-18-37(31,47-27)30(29)33(40)44/h8-11,13-15,17-18,23,25-27,29-31,41H,12,16,19-22H2,1-7H3,(H,38,43)/b13-9-/t25-,26-,27-,29+,30+,31-,37+/m0/s1. The number of rotatable bonds is 6. The lowest BCUT2D eigenvalue weighted by Crippen LogP contribution is -2.63. The van der Waals surface area contributed by atoms with Crippen LogP contribution in [0, 0.1) is 23.2 Å². The van der Waals surface area contributed by atoms with E-state index < -0.39 is 59.1 Å². The molecule has 1 aromatic rings. The van der Waals surface area contributed by atoms with E-state index in [1.165, 1.54) is 4.90 Å². The van der Waals surface area contributed by atoms with Crippen LogP contribution in [-0.2, 0) is 28.7 Å². The van der Waals surface area contributed by atoms with Crippen molar-refractivity contribution in [1.29, 1.82) is 0 Å². The zero-order valence-electron chi connectivity index (χ0n) is 28.8. The zero-order valence-corrected chi connectivity index (χ0v) is 28.8. The van der Waals surface area contributed by atoms with E-state index in [9.17, 15) is 19.5 Å². The SMILES string of the molecule is CC(C)[C@H](CO)N1C(=O)[C@H]2[C@@H]3C(=O)N[C@H](c4ccccc4)COC(=O)CC/C=C\CN(C(C)(C)CC(C)(C)C)C(=O)[C@H]1[C@@]21C=C[C@@H]3O1. The Morgan fingerprint density at radius 2 is 1.72 bits per heavy atom. The van der Waals surface area contributed by atoms with Crippen molar-refractivity contribution in [3.8, 4) is 0 Å². The van der Waals surface area contributed by atoms with E-state index in [2.05, 4.69) is 26.1 Å². The fourth-order valence-electron chi connectivity index (χ4n) is 8.26. The van der Waals surface area contributed by atoms with Gasteiger partial charge in [0, 0.05) is 18.5 Å². The van der Waals surface area contributed by atoms with E-state index in [4.69, 9.17) is 9.47 Å². The van der Waals surface area contributed by atoms with E-state index in [1.54, 1.807) is 17.1 Å². The van der Waals surface area contributed by atoms with Gasteiger partial charge in [-0.3, -0.25) is 19.2 Å². The van der Waals surface area contributed by atoms with Crippen molar-refractivity contribution in [2.24, 2.45) is 23.2 Å². The fraction of sp³-hybridized carbons (Fsp3) is 0.622. The predicted molar refractivity (Wildman–Crippen MR) is 177 cm³/mol. The van der Waals surface area contributed by atoms with Gasteiger partial charge in [0.1, 0.15) is 18.2 Å². The van der Waals surface area contributed by atoms with E-state index in [1.807, 2.05) is 70.2 Å². The van der Waals surface area contributed by atoms with Crippen molar-refractivity contribution in [2.45, 2.75) is 103 Å². The van der Waals surface area contributed by atoms with Gasteiger partial charge in [-0.25, -0.2) is 0 Å². The van der Waals surface area contributed by atoms with Gasteiger partial charge in [-0.05, 0) is 43.6 Å². The molecule has 2 saturated heterocycles. The molecule has 5 rings (SSSR count). The van der Waals surface area contributed by atoms with Crippen LogP contribution in [0.15, 0.2) is 54.6 Å². The molecule has 0 radical (unpaired) electrons. The third-order valence-corrected chi connectivity index (χ3v) is 10.0. The largest absolute Gasteiger partial charge is 0.463 e. The summed E-state index contributed by atoms with van der Waals surface area (Å²) in [7, 11) is 0. The molecule has 1 spiro atoms. The lowest BCUT2D eigenvalue weighted by Gasteiger charge is -2.46. The Bertz CT molecular complexity index is 1410. The first-order valence-corrected chi connectivity index (χ1v) is 16.9. The number of hydrogen-bond donors (Lipinski definition) is 2. The number of allylic oxidation sites excluding steroid dienone is 1. The third-order valence-electron chi connectivity index (χ3n) is 10.0. The minimum Gasteiger partial charge on any atom is -0.463 e. The fourth-order valence-corrected chi connectivity index (χ4v) is 8.26. The maximum Gasteiger partial charge on any atom is 0.306 e. The lowest BCUT2D eigenvalue weighted by atomic mass is 9.73. The second-order valence-electron chi connectivity index (χ2n) is 15.6.